The van der Waals surface area contributed by atoms with Crippen LogP contribution in [0.4, 0.5) is 0 Å². The largest absolute Gasteiger partial charge is 0.392 e. The van der Waals surface area contributed by atoms with Gasteiger partial charge in [-0.05, 0) is 73.8 Å². The van der Waals surface area contributed by atoms with Crippen molar-refractivity contribution in [1.29, 1.82) is 0 Å². The van der Waals surface area contributed by atoms with Gasteiger partial charge in [0.05, 0.1) is 61.0 Å². The molecule has 0 aromatic rings. The molecule has 0 aromatic carbocycles. The van der Waals surface area contributed by atoms with E-state index in [1.165, 1.54) is 0 Å². The zero-order valence-corrected chi connectivity index (χ0v) is 30.4. The molecule has 10 heterocycles. The summed E-state index contributed by atoms with van der Waals surface area (Å²) in [5, 5.41) is 10.5. The lowest BCUT2D eigenvalue weighted by Gasteiger charge is -2.47. The molecule has 0 aromatic heterocycles. The van der Waals surface area contributed by atoms with E-state index in [0.717, 1.165) is 56.1 Å². The van der Waals surface area contributed by atoms with E-state index >= 15 is 0 Å². The van der Waals surface area contributed by atoms with Crippen molar-refractivity contribution < 1.29 is 47.8 Å². The smallest absolute Gasteiger partial charge is 0.172 e. The van der Waals surface area contributed by atoms with Gasteiger partial charge in [0.1, 0.15) is 36.3 Å². The Kier molecular flexibility index (Phi) is 9.59. The maximum absolute atomic E-state index is 14.0. The van der Waals surface area contributed by atoms with Gasteiger partial charge in [-0.1, -0.05) is 27.0 Å². The van der Waals surface area contributed by atoms with Crippen LogP contribution in [0.3, 0.4) is 0 Å². The number of ketones is 1. The van der Waals surface area contributed by atoms with Crippen molar-refractivity contribution in [2.45, 2.75) is 195 Å². The molecule has 0 saturated carbocycles. The van der Waals surface area contributed by atoms with E-state index in [1.54, 1.807) is 0 Å². The van der Waals surface area contributed by atoms with Crippen molar-refractivity contribution in [3.05, 3.63) is 24.3 Å². The summed E-state index contributed by atoms with van der Waals surface area (Å²) < 4.78 is 54.0. The molecule has 10 aliphatic heterocycles. The SMILES string of the molecule is C=C1CC2CC[C@@]34C[C@H]5O[C@H]6C(O3)[C@H]3O[C@H](CC[C@@H]3O[C@H]6[C@H]5O4)CC(=O)C[C@H]3C(C[C@H]4OC(CC[C@@H]1O2)C[C@@H](C)C4=C)O[C@H](CC(O)CN)[C@@H]3C. The minimum Gasteiger partial charge on any atom is -0.392 e. The predicted molar refractivity (Wildman–Crippen MR) is 185 cm³/mol. The average molecular weight is 714 g/mol. The lowest BCUT2D eigenvalue weighted by Crippen LogP contribution is -2.61. The molecule has 10 rings (SSSR count). The Balaban J connectivity index is 0.986. The second-order valence-electron chi connectivity index (χ2n) is 17.6. The average Bonchev–Trinajstić information content (AvgIpc) is 3.77. The highest BCUT2D eigenvalue weighted by Crippen LogP contribution is 2.54. The van der Waals surface area contributed by atoms with E-state index in [2.05, 4.69) is 27.0 Å². The summed E-state index contributed by atoms with van der Waals surface area (Å²) in [5.74, 6) is -0.222. The van der Waals surface area contributed by atoms with E-state index < -0.39 is 11.9 Å². The van der Waals surface area contributed by atoms with E-state index in [-0.39, 0.29) is 110 Å². The Morgan fingerprint density at radius 3 is 2.35 bits per heavy atom. The Bertz CT molecular complexity index is 1360. The highest BCUT2D eigenvalue weighted by Gasteiger charge is 2.68. The van der Waals surface area contributed by atoms with Gasteiger partial charge in [-0.15, -0.1) is 0 Å². The number of carbonyl (C=O) groups excluding carboxylic acids is 1. The molecule has 0 amide bonds. The van der Waals surface area contributed by atoms with Gasteiger partial charge >= 0.3 is 0 Å². The van der Waals surface area contributed by atoms with Gasteiger partial charge < -0.3 is 48.7 Å². The molecule has 11 heteroatoms. The summed E-state index contributed by atoms with van der Waals surface area (Å²) in [6.45, 7) is 13.5. The number of aliphatic hydroxyl groups is 1. The third-order valence-electron chi connectivity index (χ3n) is 14.2. The fourth-order valence-corrected chi connectivity index (χ4v) is 11.3. The molecule has 10 saturated heterocycles. The van der Waals surface area contributed by atoms with Crippen molar-refractivity contribution in [3.63, 3.8) is 0 Å². The van der Waals surface area contributed by atoms with Crippen molar-refractivity contribution in [2.75, 3.05) is 6.54 Å². The molecule has 51 heavy (non-hydrogen) atoms. The van der Waals surface area contributed by atoms with E-state index in [9.17, 15) is 9.90 Å². The second kappa shape index (κ2) is 13.8. The molecule has 11 nitrogen and oxygen atoms in total. The number of nitrogens with two attached hydrogens (primary N) is 1. The van der Waals surface area contributed by atoms with Crippen LogP contribution in [0.2, 0.25) is 0 Å². The maximum Gasteiger partial charge on any atom is 0.172 e. The molecule has 0 radical (unpaired) electrons. The quantitative estimate of drug-likeness (QED) is 0.410. The first-order valence-corrected chi connectivity index (χ1v) is 20.1. The van der Waals surface area contributed by atoms with Crippen molar-refractivity contribution in [2.24, 2.45) is 23.5 Å². The first-order chi connectivity index (χ1) is 24.6. The lowest BCUT2D eigenvalue weighted by atomic mass is 9.78. The molecular formula is C40H59NO10. The topological polar surface area (TPSA) is 137 Å². The summed E-state index contributed by atoms with van der Waals surface area (Å²) in [5.41, 5.74) is 8.06. The molecule has 284 valence electrons. The highest BCUT2D eigenvalue weighted by atomic mass is 16.8. The number of aliphatic hydroxyl groups excluding tert-OH is 1. The molecular weight excluding hydrogens is 654 g/mol. The number of Topliss-reactive ketones (excluding diaryl/α,β-unsaturated/α-hetero) is 1. The first-order valence-electron chi connectivity index (χ1n) is 20.1. The highest BCUT2D eigenvalue weighted by molar-refractivity contribution is 5.79. The number of fused-ring (bicyclic) bond motifs is 6. The predicted octanol–water partition coefficient (Wildman–Crippen LogP) is 4.06. The summed E-state index contributed by atoms with van der Waals surface area (Å²) in [6, 6.07) is 0. The van der Waals surface area contributed by atoms with Crippen LogP contribution in [-0.2, 0) is 42.7 Å². The molecule has 19 atom stereocenters. The zero-order chi connectivity index (χ0) is 35.2. The van der Waals surface area contributed by atoms with Crippen LogP contribution in [0.25, 0.3) is 0 Å². The Hall–Kier alpha value is -1.25. The monoisotopic (exact) mass is 713 g/mol. The fraction of sp³-hybridized carbons (Fsp3) is 0.875. The van der Waals surface area contributed by atoms with E-state index in [4.69, 9.17) is 43.6 Å². The van der Waals surface area contributed by atoms with Crippen LogP contribution >= 0.6 is 0 Å². The standard InChI is InChI=1S/C40H59NO10/c1-19-11-25-5-7-29-20(2)12-27(44-29)9-10-40-17-34-36(50-40)37-38(49-34)39(51-40)35-30(48-37)8-6-26(46-35)13-23(42)14-28-22(4)31(15-24(43)18-41)47-33(28)16-32(45-25)21(19)3/h19,22,24-39,43H,2-3,5-18,41H2,1,4H3/t19-,22-,24?,25?,26-,27?,28-,29+,30+,31-,32-,33?,34-,35+,36+,37+,38-,39?,40+/m1/s1. The minimum absolute atomic E-state index is 0.00127. The summed E-state index contributed by atoms with van der Waals surface area (Å²) >= 11 is 0. The van der Waals surface area contributed by atoms with Crippen LogP contribution in [0, 0.1) is 17.8 Å². The molecule has 0 aliphatic carbocycles. The molecule has 1 spiro atoms. The zero-order valence-electron chi connectivity index (χ0n) is 30.4. The van der Waals surface area contributed by atoms with Gasteiger partial charge in [-0.3, -0.25) is 4.79 Å². The van der Waals surface area contributed by atoms with Gasteiger partial charge in [0.15, 0.2) is 5.79 Å². The third-order valence-corrected chi connectivity index (χ3v) is 14.2. The van der Waals surface area contributed by atoms with Gasteiger partial charge in [0.2, 0.25) is 0 Å². The van der Waals surface area contributed by atoms with Crippen molar-refractivity contribution >= 4 is 5.78 Å². The Labute approximate surface area is 302 Å². The normalized spacial score (nSPS) is 53.2. The van der Waals surface area contributed by atoms with Gasteiger partial charge in [-0.2, -0.15) is 0 Å². The van der Waals surface area contributed by atoms with Crippen molar-refractivity contribution in [1.82, 2.24) is 0 Å². The minimum atomic E-state index is -0.765. The Morgan fingerprint density at radius 2 is 1.51 bits per heavy atom. The van der Waals surface area contributed by atoms with Gasteiger partial charge in [-0.25, -0.2) is 0 Å². The van der Waals surface area contributed by atoms with E-state index in [1.807, 2.05) is 0 Å². The maximum atomic E-state index is 14.0. The van der Waals surface area contributed by atoms with E-state index in [0.29, 0.717) is 44.4 Å². The molecule has 12 bridgehead atoms. The van der Waals surface area contributed by atoms with Crippen LogP contribution < -0.4 is 5.73 Å². The number of carbonyl (C=O) groups is 1. The Morgan fingerprint density at radius 1 is 0.765 bits per heavy atom. The second-order valence-corrected chi connectivity index (χ2v) is 17.6. The van der Waals surface area contributed by atoms with Crippen LogP contribution in [-0.4, -0.2) is 115 Å². The number of rotatable bonds is 3. The third kappa shape index (κ3) is 6.53. The number of hydrogen-bond acceptors (Lipinski definition) is 11. The summed E-state index contributed by atoms with van der Waals surface area (Å²) in [6.07, 6.45) is 6.43. The number of hydrogen-bond donors (Lipinski definition) is 2. The van der Waals surface area contributed by atoms with Crippen LogP contribution in [0.5, 0.6) is 0 Å². The molecule has 5 unspecified atom stereocenters. The van der Waals surface area contributed by atoms with Gasteiger partial charge in [0, 0.05) is 45.1 Å². The summed E-state index contributed by atoms with van der Waals surface area (Å²) in [7, 11) is 0. The first kappa shape index (κ1) is 35.5. The van der Waals surface area contributed by atoms with Crippen LogP contribution in [0.15, 0.2) is 24.3 Å². The number of ether oxygens (including phenoxy) is 8. The molecule has 10 aliphatic rings. The molecule has 3 N–H and O–H groups in total. The fourth-order valence-electron chi connectivity index (χ4n) is 11.3. The van der Waals surface area contributed by atoms with Crippen LogP contribution in [0.1, 0.15) is 97.3 Å². The lowest BCUT2D eigenvalue weighted by molar-refractivity contribution is -0.292. The summed E-state index contributed by atoms with van der Waals surface area (Å²) in [4.78, 5) is 14.0. The molecule has 10 fully saturated rings. The van der Waals surface area contributed by atoms with Gasteiger partial charge in [0.25, 0.3) is 0 Å². The van der Waals surface area contributed by atoms with Crippen molar-refractivity contribution in [3.8, 4) is 0 Å².